The maximum atomic E-state index is 14.3. The third-order valence-corrected chi connectivity index (χ3v) is 8.80. The van der Waals surface area contributed by atoms with E-state index in [-0.39, 0.29) is 0 Å². The van der Waals surface area contributed by atoms with Crippen molar-refractivity contribution >= 4 is 5.78 Å². The Bertz CT molecular complexity index is 624. The highest BCUT2D eigenvalue weighted by molar-refractivity contribution is 6.14. The molecule has 0 bridgehead atoms. The average Bonchev–Trinajstić information content (AvgIpc) is 3.14. The molecule has 2 atom stereocenters. The summed E-state index contributed by atoms with van der Waals surface area (Å²) >= 11 is 0. The highest BCUT2D eigenvalue weighted by atomic mass is 16.1. The van der Waals surface area contributed by atoms with Gasteiger partial charge in [0.25, 0.3) is 0 Å². The SMILES string of the molecule is O=C1C(C2CCCCC2)=C(C2CCCNC2)C(C2CCCNC2)=C1C1CCCCC1. The number of Topliss-reactive ketones (excluding diaryl/α,β-unsaturated/α-hetero) is 1. The predicted octanol–water partition coefficient (Wildman–Crippen LogP) is 5.32. The minimum absolute atomic E-state index is 0.523. The van der Waals surface area contributed by atoms with Gasteiger partial charge in [-0.1, -0.05) is 38.5 Å². The van der Waals surface area contributed by atoms with Gasteiger partial charge in [-0.3, -0.25) is 4.79 Å². The van der Waals surface area contributed by atoms with E-state index in [4.69, 9.17) is 0 Å². The number of rotatable bonds is 4. The van der Waals surface area contributed by atoms with Crippen LogP contribution in [0.25, 0.3) is 0 Å². The van der Waals surface area contributed by atoms with Gasteiger partial charge in [0.05, 0.1) is 0 Å². The van der Waals surface area contributed by atoms with Crippen LogP contribution in [0.4, 0.5) is 0 Å². The molecule has 5 aliphatic rings. The van der Waals surface area contributed by atoms with E-state index in [1.54, 1.807) is 11.1 Å². The molecule has 0 spiro atoms. The van der Waals surface area contributed by atoms with Crippen LogP contribution in [-0.4, -0.2) is 32.0 Å². The first kappa shape index (κ1) is 20.9. The van der Waals surface area contributed by atoms with E-state index in [0.717, 1.165) is 26.2 Å². The maximum Gasteiger partial charge on any atom is 0.186 e. The summed E-state index contributed by atoms with van der Waals surface area (Å²) in [6.45, 7) is 4.47. The van der Waals surface area contributed by atoms with Crippen LogP contribution in [0.1, 0.15) is 89.9 Å². The number of nitrogens with one attached hydrogen (secondary N) is 2. The molecule has 2 aliphatic heterocycles. The molecule has 2 unspecified atom stereocenters. The van der Waals surface area contributed by atoms with E-state index >= 15 is 0 Å². The molecular formula is C27H42N2O. The van der Waals surface area contributed by atoms with Crippen LogP contribution < -0.4 is 10.6 Å². The summed E-state index contributed by atoms with van der Waals surface area (Å²) in [5.41, 5.74) is 5.80. The monoisotopic (exact) mass is 410 g/mol. The molecule has 2 heterocycles. The van der Waals surface area contributed by atoms with Crippen LogP contribution in [0.3, 0.4) is 0 Å². The van der Waals surface area contributed by atoms with Gasteiger partial charge in [0.15, 0.2) is 5.78 Å². The normalized spacial score (nSPS) is 32.9. The van der Waals surface area contributed by atoms with E-state index in [9.17, 15) is 4.79 Å². The summed E-state index contributed by atoms with van der Waals surface area (Å²) in [6.07, 6.45) is 18.0. The van der Waals surface area contributed by atoms with E-state index in [2.05, 4.69) is 10.6 Å². The summed E-state index contributed by atoms with van der Waals surface area (Å²) in [5.74, 6) is 2.73. The Kier molecular flexibility index (Phi) is 6.77. The summed E-state index contributed by atoms with van der Waals surface area (Å²) < 4.78 is 0. The van der Waals surface area contributed by atoms with E-state index in [0.29, 0.717) is 29.5 Å². The molecule has 0 aromatic heterocycles. The number of ketones is 1. The lowest BCUT2D eigenvalue weighted by atomic mass is 9.74. The second kappa shape index (κ2) is 9.69. The largest absolute Gasteiger partial charge is 0.316 e. The number of piperidine rings is 2. The molecule has 3 heteroatoms. The Morgan fingerprint density at radius 3 is 1.23 bits per heavy atom. The van der Waals surface area contributed by atoms with Gasteiger partial charge in [0.2, 0.25) is 0 Å². The number of allylic oxidation sites excluding steroid dienone is 2. The number of hydrogen-bond acceptors (Lipinski definition) is 3. The molecule has 30 heavy (non-hydrogen) atoms. The van der Waals surface area contributed by atoms with Gasteiger partial charge in [-0.25, -0.2) is 0 Å². The Hall–Kier alpha value is -0.930. The Morgan fingerprint density at radius 2 is 0.867 bits per heavy atom. The van der Waals surface area contributed by atoms with Crippen LogP contribution in [0.15, 0.2) is 22.3 Å². The molecule has 5 rings (SSSR count). The molecule has 166 valence electrons. The van der Waals surface area contributed by atoms with Crippen LogP contribution in [0.2, 0.25) is 0 Å². The first-order valence-corrected chi connectivity index (χ1v) is 13.3. The fourth-order valence-electron chi connectivity index (χ4n) is 7.35. The van der Waals surface area contributed by atoms with Gasteiger partial charge in [0.1, 0.15) is 0 Å². The van der Waals surface area contributed by atoms with E-state index in [1.807, 2.05) is 0 Å². The average molecular weight is 411 g/mol. The molecule has 2 saturated carbocycles. The van der Waals surface area contributed by atoms with E-state index in [1.165, 1.54) is 101 Å². The molecular weight excluding hydrogens is 368 g/mol. The lowest BCUT2D eigenvalue weighted by molar-refractivity contribution is -0.113. The highest BCUT2D eigenvalue weighted by Crippen LogP contribution is 2.50. The molecule has 3 aliphatic carbocycles. The van der Waals surface area contributed by atoms with Crippen molar-refractivity contribution < 1.29 is 4.79 Å². The molecule has 0 aromatic carbocycles. The molecule has 0 amide bonds. The van der Waals surface area contributed by atoms with Crippen molar-refractivity contribution in [3.05, 3.63) is 22.3 Å². The molecule has 0 radical (unpaired) electrons. The molecule has 2 N–H and O–H groups in total. The quantitative estimate of drug-likeness (QED) is 0.659. The van der Waals surface area contributed by atoms with Crippen molar-refractivity contribution in [1.82, 2.24) is 10.6 Å². The maximum absolute atomic E-state index is 14.3. The van der Waals surface area contributed by atoms with Gasteiger partial charge in [-0.05, 0) is 99.3 Å². The summed E-state index contributed by atoms with van der Waals surface area (Å²) in [6, 6.07) is 0. The number of carbonyl (C=O) groups excluding carboxylic acids is 1. The first-order valence-electron chi connectivity index (χ1n) is 13.3. The van der Waals surface area contributed by atoms with Gasteiger partial charge >= 0.3 is 0 Å². The topological polar surface area (TPSA) is 41.1 Å². The van der Waals surface area contributed by atoms with Gasteiger partial charge in [-0.15, -0.1) is 0 Å². The second-order valence-electron chi connectivity index (χ2n) is 10.7. The third-order valence-electron chi connectivity index (χ3n) is 8.80. The molecule has 2 saturated heterocycles. The zero-order chi connectivity index (χ0) is 20.3. The lowest BCUT2D eigenvalue weighted by Gasteiger charge is -2.34. The zero-order valence-electron chi connectivity index (χ0n) is 18.9. The minimum Gasteiger partial charge on any atom is -0.316 e. The predicted molar refractivity (Wildman–Crippen MR) is 123 cm³/mol. The van der Waals surface area contributed by atoms with Crippen LogP contribution in [0, 0.1) is 23.7 Å². The Balaban J connectivity index is 1.59. The third kappa shape index (κ3) is 4.09. The fraction of sp³-hybridized carbons (Fsp3) is 0.815. The fourth-order valence-corrected chi connectivity index (χ4v) is 7.35. The van der Waals surface area contributed by atoms with Crippen molar-refractivity contribution in [3.63, 3.8) is 0 Å². The Labute approximate surface area is 183 Å². The van der Waals surface area contributed by atoms with Crippen molar-refractivity contribution in [2.45, 2.75) is 89.9 Å². The molecule has 3 nitrogen and oxygen atoms in total. The zero-order valence-corrected chi connectivity index (χ0v) is 18.9. The van der Waals surface area contributed by atoms with Crippen molar-refractivity contribution in [2.24, 2.45) is 23.7 Å². The summed E-state index contributed by atoms with van der Waals surface area (Å²) in [7, 11) is 0. The van der Waals surface area contributed by atoms with Gasteiger partial charge < -0.3 is 10.6 Å². The Morgan fingerprint density at radius 1 is 0.467 bits per heavy atom. The van der Waals surface area contributed by atoms with Crippen LogP contribution in [0.5, 0.6) is 0 Å². The summed E-state index contributed by atoms with van der Waals surface area (Å²) in [5, 5.41) is 7.37. The number of hydrogen-bond donors (Lipinski definition) is 2. The first-order chi connectivity index (χ1) is 14.8. The summed E-state index contributed by atoms with van der Waals surface area (Å²) in [4.78, 5) is 14.3. The highest BCUT2D eigenvalue weighted by Gasteiger charge is 2.44. The van der Waals surface area contributed by atoms with Crippen molar-refractivity contribution in [1.29, 1.82) is 0 Å². The second-order valence-corrected chi connectivity index (χ2v) is 10.7. The number of carbonyl (C=O) groups is 1. The smallest absolute Gasteiger partial charge is 0.186 e. The van der Waals surface area contributed by atoms with Crippen LogP contribution in [-0.2, 0) is 4.79 Å². The van der Waals surface area contributed by atoms with Crippen molar-refractivity contribution in [3.8, 4) is 0 Å². The lowest BCUT2D eigenvalue weighted by Crippen LogP contribution is -2.35. The molecule has 4 fully saturated rings. The van der Waals surface area contributed by atoms with Crippen molar-refractivity contribution in [2.75, 3.05) is 26.2 Å². The van der Waals surface area contributed by atoms with E-state index < -0.39 is 0 Å². The van der Waals surface area contributed by atoms with Gasteiger partial charge in [-0.2, -0.15) is 0 Å². The standard InChI is InChI=1S/C27H42N2O/c30-27-25(19-9-3-1-4-10-19)23(21-13-7-15-28-17-21)24(22-14-8-16-29-18-22)26(27)20-11-5-2-6-12-20/h19-22,28-29H,1-18H2. The molecule has 0 aromatic rings. The van der Waals surface area contributed by atoms with Gasteiger partial charge in [0, 0.05) is 24.2 Å². The minimum atomic E-state index is 0.523. The van der Waals surface area contributed by atoms with Crippen LogP contribution >= 0.6 is 0 Å².